The predicted molar refractivity (Wildman–Crippen MR) is 91.0 cm³/mol. The zero-order valence-corrected chi connectivity index (χ0v) is 14.8. The molecule has 1 aromatic heterocycles. The average molecular weight is 361 g/mol. The van der Waals surface area contributed by atoms with Gasteiger partial charge in [-0.2, -0.15) is 0 Å². The predicted octanol–water partition coefficient (Wildman–Crippen LogP) is 1.93. The Bertz CT molecular complexity index is 818. The number of hydrogen-bond donors (Lipinski definition) is 1. The number of imidazole rings is 1. The van der Waals surface area contributed by atoms with E-state index in [0.717, 1.165) is 0 Å². The van der Waals surface area contributed by atoms with E-state index in [1.54, 1.807) is 26.0 Å². The number of H-pyrrole nitrogens is 1. The van der Waals surface area contributed by atoms with Crippen molar-refractivity contribution in [3.05, 3.63) is 41.5 Å². The van der Waals surface area contributed by atoms with Gasteiger partial charge in [0.2, 0.25) is 0 Å². The van der Waals surface area contributed by atoms with E-state index in [0.29, 0.717) is 23.7 Å². The maximum Gasteiger partial charge on any atom is 0.331 e. The number of amides is 1. The molecule has 2 atom stereocenters. The van der Waals surface area contributed by atoms with Crippen LogP contribution in [0.5, 0.6) is 0 Å². The Morgan fingerprint density at radius 1 is 1.35 bits per heavy atom. The first-order valence-electron chi connectivity index (χ1n) is 8.25. The molecule has 3 rings (SSSR count). The molecule has 1 aliphatic rings. The van der Waals surface area contributed by atoms with E-state index in [4.69, 9.17) is 9.47 Å². The summed E-state index contributed by atoms with van der Waals surface area (Å²) in [6.07, 6.45) is -0.476. The van der Waals surface area contributed by atoms with Crippen LogP contribution in [-0.4, -0.2) is 59.2 Å². The molecule has 1 N–H and O–H groups in total. The zero-order valence-electron chi connectivity index (χ0n) is 14.8. The fourth-order valence-electron chi connectivity index (χ4n) is 3.04. The van der Waals surface area contributed by atoms with E-state index in [1.807, 2.05) is 0 Å². The third-order valence-electron chi connectivity index (χ3n) is 4.40. The molecule has 138 valence electrons. The number of hydrogen-bond acceptors (Lipinski definition) is 5. The number of benzene rings is 1. The summed E-state index contributed by atoms with van der Waals surface area (Å²) < 4.78 is 23.4. The quantitative estimate of drug-likeness (QED) is 0.845. The van der Waals surface area contributed by atoms with E-state index in [2.05, 4.69) is 9.97 Å². The maximum atomic E-state index is 13.1. The Morgan fingerprint density at radius 2 is 2.04 bits per heavy atom. The van der Waals surface area contributed by atoms with Crippen LogP contribution in [0.2, 0.25) is 0 Å². The van der Waals surface area contributed by atoms with Gasteiger partial charge >= 0.3 is 5.97 Å². The molecule has 1 saturated heterocycles. The van der Waals surface area contributed by atoms with Crippen molar-refractivity contribution in [2.24, 2.45) is 0 Å². The molecule has 0 radical (unpaired) electrons. The number of aryl methyl sites for hydroxylation is 1. The number of esters is 1. The molecular weight excluding hydrogens is 341 g/mol. The number of rotatable bonds is 3. The average Bonchev–Trinajstić information content (AvgIpc) is 3.02. The van der Waals surface area contributed by atoms with Gasteiger partial charge in [-0.25, -0.2) is 14.2 Å². The number of halogens is 1. The van der Waals surface area contributed by atoms with Crippen molar-refractivity contribution < 1.29 is 23.5 Å². The Morgan fingerprint density at radius 3 is 2.69 bits per heavy atom. The summed E-state index contributed by atoms with van der Waals surface area (Å²) in [5.41, 5.74) is 1.44. The summed E-state index contributed by atoms with van der Waals surface area (Å²) in [5.74, 6) is -0.798. The normalized spacial score (nSPS) is 20.1. The molecule has 2 aromatic rings. The molecule has 26 heavy (non-hydrogen) atoms. The van der Waals surface area contributed by atoms with Gasteiger partial charge in [0.1, 0.15) is 17.3 Å². The Hall–Kier alpha value is -2.74. The molecule has 0 bridgehead atoms. The molecule has 0 spiro atoms. The van der Waals surface area contributed by atoms with Crippen molar-refractivity contribution in [3.63, 3.8) is 0 Å². The molecule has 2 heterocycles. The minimum atomic E-state index is -0.827. The van der Waals surface area contributed by atoms with Crippen molar-refractivity contribution in [1.29, 1.82) is 0 Å². The van der Waals surface area contributed by atoms with Crippen molar-refractivity contribution in [2.75, 3.05) is 20.3 Å². The Kier molecular flexibility index (Phi) is 5.03. The molecule has 0 saturated carbocycles. The van der Waals surface area contributed by atoms with Gasteiger partial charge < -0.3 is 19.4 Å². The number of methoxy groups -OCH3 is 1. The van der Waals surface area contributed by atoms with Crippen LogP contribution in [0.25, 0.3) is 11.4 Å². The first-order valence-corrected chi connectivity index (χ1v) is 8.25. The summed E-state index contributed by atoms with van der Waals surface area (Å²) in [6.45, 7) is 4.04. The van der Waals surface area contributed by atoms with Gasteiger partial charge in [-0.15, -0.1) is 0 Å². The SMILES string of the molecule is COC(=O)[C@@H]1[C@@H](C)OCCN1C(=O)c1nc(-c2ccc(F)cc2)[nH]c1C. The Labute approximate surface area is 150 Å². The van der Waals surface area contributed by atoms with Gasteiger partial charge in [-0.3, -0.25) is 4.79 Å². The van der Waals surface area contributed by atoms with Crippen LogP contribution in [0.3, 0.4) is 0 Å². The molecular formula is C18H20FN3O4. The lowest BCUT2D eigenvalue weighted by Crippen LogP contribution is -2.57. The topological polar surface area (TPSA) is 84.5 Å². The van der Waals surface area contributed by atoms with E-state index >= 15 is 0 Å². The summed E-state index contributed by atoms with van der Waals surface area (Å²) >= 11 is 0. The fourth-order valence-corrected chi connectivity index (χ4v) is 3.04. The van der Waals surface area contributed by atoms with Gasteiger partial charge in [0.25, 0.3) is 5.91 Å². The maximum absolute atomic E-state index is 13.1. The van der Waals surface area contributed by atoms with Crippen LogP contribution in [-0.2, 0) is 14.3 Å². The highest BCUT2D eigenvalue weighted by Gasteiger charge is 2.40. The standard InChI is InChI=1S/C18H20FN3O4/c1-10-14(21-16(20-10)12-4-6-13(19)7-5-12)17(23)22-8-9-26-11(2)15(22)18(24)25-3/h4-7,11,15H,8-9H2,1-3H3,(H,20,21)/t11-,15+/m1/s1. The van der Waals surface area contributed by atoms with Crippen LogP contribution in [0.1, 0.15) is 23.1 Å². The highest BCUT2D eigenvalue weighted by atomic mass is 19.1. The van der Waals surface area contributed by atoms with Crippen LogP contribution >= 0.6 is 0 Å². The number of nitrogens with zero attached hydrogens (tertiary/aromatic N) is 2. The van der Waals surface area contributed by atoms with Crippen LogP contribution in [0.15, 0.2) is 24.3 Å². The number of ether oxygens (including phenoxy) is 2. The summed E-state index contributed by atoms with van der Waals surface area (Å²) in [7, 11) is 1.28. The van der Waals surface area contributed by atoms with Crippen molar-refractivity contribution in [3.8, 4) is 11.4 Å². The molecule has 1 aromatic carbocycles. The first-order chi connectivity index (χ1) is 12.4. The molecule has 0 aliphatic carbocycles. The second kappa shape index (κ2) is 7.25. The lowest BCUT2D eigenvalue weighted by molar-refractivity contribution is -0.156. The number of aromatic amines is 1. The smallest absolute Gasteiger partial charge is 0.331 e. The highest BCUT2D eigenvalue weighted by Crippen LogP contribution is 2.22. The Balaban J connectivity index is 1.91. The minimum Gasteiger partial charge on any atom is -0.467 e. The highest BCUT2D eigenvalue weighted by molar-refractivity contribution is 5.97. The van der Waals surface area contributed by atoms with Gasteiger partial charge in [-0.05, 0) is 38.1 Å². The van der Waals surface area contributed by atoms with Crippen LogP contribution in [0, 0.1) is 12.7 Å². The minimum absolute atomic E-state index is 0.215. The number of aromatic nitrogens is 2. The summed E-state index contributed by atoms with van der Waals surface area (Å²) in [5, 5.41) is 0. The molecule has 1 amide bonds. The molecule has 7 nitrogen and oxygen atoms in total. The van der Waals surface area contributed by atoms with Crippen molar-refractivity contribution in [2.45, 2.75) is 26.0 Å². The van der Waals surface area contributed by atoms with E-state index in [-0.39, 0.29) is 24.0 Å². The third-order valence-corrected chi connectivity index (χ3v) is 4.40. The number of nitrogens with one attached hydrogen (secondary N) is 1. The van der Waals surface area contributed by atoms with Crippen molar-refractivity contribution in [1.82, 2.24) is 14.9 Å². The van der Waals surface area contributed by atoms with Crippen LogP contribution < -0.4 is 0 Å². The molecule has 1 aliphatic heterocycles. The monoisotopic (exact) mass is 361 g/mol. The van der Waals surface area contributed by atoms with E-state index < -0.39 is 18.1 Å². The van der Waals surface area contributed by atoms with Gasteiger partial charge in [0.05, 0.1) is 19.8 Å². The van der Waals surface area contributed by atoms with Gasteiger partial charge in [-0.1, -0.05) is 0 Å². The first kappa shape index (κ1) is 18.1. The summed E-state index contributed by atoms with van der Waals surface area (Å²) in [4.78, 5) is 34.0. The number of morpholine rings is 1. The lowest BCUT2D eigenvalue weighted by Gasteiger charge is -2.37. The second-order valence-electron chi connectivity index (χ2n) is 6.11. The molecule has 1 fully saturated rings. The van der Waals surface area contributed by atoms with E-state index in [1.165, 1.54) is 24.1 Å². The lowest BCUT2D eigenvalue weighted by atomic mass is 10.1. The largest absolute Gasteiger partial charge is 0.467 e. The number of carbonyl (C=O) groups is 2. The zero-order chi connectivity index (χ0) is 18.8. The van der Waals surface area contributed by atoms with Crippen LogP contribution in [0.4, 0.5) is 4.39 Å². The third kappa shape index (κ3) is 3.32. The van der Waals surface area contributed by atoms with Crippen molar-refractivity contribution >= 4 is 11.9 Å². The van der Waals surface area contributed by atoms with E-state index in [9.17, 15) is 14.0 Å². The molecule has 8 heteroatoms. The molecule has 0 unspecified atom stereocenters. The summed E-state index contributed by atoms with van der Waals surface area (Å²) in [6, 6.07) is 4.98. The van der Waals surface area contributed by atoms with Gasteiger partial charge in [0, 0.05) is 17.8 Å². The number of carbonyl (C=O) groups excluding carboxylic acids is 2. The van der Waals surface area contributed by atoms with Gasteiger partial charge in [0.15, 0.2) is 6.04 Å². The second-order valence-corrected chi connectivity index (χ2v) is 6.11. The fraction of sp³-hybridized carbons (Fsp3) is 0.389.